The molecule has 0 fully saturated rings. The summed E-state index contributed by atoms with van der Waals surface area (Å²) in [6, 6.07) is 1.67. The third kappa shape index (κ3) is 5.42. The van der Waals surface area contributed by atoms with E-state index in [0.717, 1.165) is 19.3 Å². The monoisotopic (exact) mass is 284 g/mol. The fourth-order valence-electron chi connectivity index (χ4n) is 1.60. The van der Waals surface area contributed by atoms with Crippen molar-refractivity contribution in [2.75, 3.05) is 25.0 Å². The molecule has 106 valence electrons. The number of carbonyl (C=O) groups excluding carboxylic acids is 1. The zero-order valence-corrected chi connectivity index (χ0v) is 12.5. The van der Waals surface area contributed by atoms with Gasteiger partial charge in [0.05, 0.1) is 6.54 Å². The summed E-state index contributed by atoms with van der Waals surface area (Å²) in [5.74, 6) is 1.37. The maximum atomic E-state index is 11.7. The topological polar surface area (TPSA) is 58.1 Å². The van der Waals surface area contributed by atoms with Gasteiger partial charge in [-0.3, -0.25) is 4.79 Å². The van der Waals surface area contributed by atoms with E-state index in [9.17, 15) is 4.79 Å². The summed E-state index contributed by atoms with van der Waals surface area (Å²) >= 11 is 5.97. The Morgan fingerprint density at radius 1 is 1.37 bits per heavy atom. The average molecular weight is 285 g/mol. The Labute approximate surface area is 119 Å². The van der Waals surface area contributed by atoms with Gasteiger partial charge >= 0.3 is 0 Å². The van der Waals surface area contributed by atoms with Gasteiger partial charge in [-0.05, 0) is 12.8 Å². The molecule has 0 aliphatic rings. The van der Waals surface area contributed by atoms with E-state index in [0.29, 0.717) is 23.3 Å². The maximum absolute atomic E-state index is 11.7. The van der Waals surface area contributed by atoms with Gasteiger partial charge in [0, 0.05) is 26.1 Å². The smallest absolute Gasteiger partial charge is 0.239 e. The number of nitrogens with zero attached hydrogens (tertiary/aromatic N) is 3. The molecule has 1 heterocycles. The average Bonchev–Trinajstić information content (AvgIpc) is 2.36. The Morgan fingerprint density at radius 3 is 2.74 bits per heavy atom. The Balaban J connectivity index is 2.70. The lowest BCUT2D eigenvalue weighted by molar-refractivity contribution is -0.119. The molecule has 19 heavy (non-hydrogen) atoms. The number of aromatic nitrogens is 2. The summed E-state index contributed by atoms with van der Waals surface area (Å²) in [5, 5.41) is 3.24. The fraction of sp³-hybridized carbons (Fsp3) is 0.615. The van der Waals surface area contributed by atoms with Crippen LogP contribution in [0, 0.1) is 0 Å². The van der Waals surface area contributed by atoms with Crippen LogP contribution >= 0.6 is 11.6 Å². The molecule has 0 atom stereocenters. The molecule has 0 spiro atoms. The van der Waals surface area contributed by atoms with Crippen LogP contribution in [0.4, 0.5) is 5.82 Å². The van der Waals surface area contributed by atoms with E-state index < -0.39 is 0 Å². The van der Waals surface area contributed by atoms with Crippen LogP contribution in [-0.4, -0.2) is 36.0 Å². The molecule has 1 aromatic heterocycles. The maximum Gasteiger partial charge on any atom is 0.239 e. The molecular weight excluding hydrogens is 264 g/mol. The van der Waals surface area contributed by atoms with E-state index in [2.05, 4.69) is 22.2 Å². The Morgan fingerprint density at radius 2 is 2.11 bits per heavy atom. The lowest BCUT2D eigenvalue weighted by atomic mass is 10.3. The van der Waals surface area contributed by atoms with Crippen LogP contribution in [0.1, 0.15) is 32.5 Å². The van der Waals surface area contributed by atoms with Gasteiger partial charge in [0.2, 0.25) is 5.91 Å². The van der Waals surface area contributed by atoms with E-state index in [1.54, 1.807) is 11.0 Å². The molecule has 1 N–H and O–H groups in total. The molecule has 0 saturated heterocycles. The van der Waals surface area contributed by atoms with Crippen molar-refractivity contribution in [3.63, 3.8) is 0 Å². The Kier molecular flexibility index (Phi) is 6.56. The van der Waals surface area contributed by atoms with Crippen LogP contribution in [0.25, 0.3) is 0 Å². The summed E-state index contributed by atoms with van der Waals surface area (Å²) in [6.07, 6.45) is 2.67. The van der Waals surface area contributed by atoms with Crippen molar-refractivity contribution in [3.8, 4) is 0 Å². The summed E-state index contributed by atoms with van der Waals surface area (Å²) in [5.41, 5.74) is 0. The molecule has 1 amide bonds. The summed E-state index contributed by atoms with van der Waals surface area (Å²) in [6.45, 7) is 5.04. The van der Waals surface area contributed by atoms with Gasteiger partial charge in [-0.1, -0.05) is 25.4 Å². The lowest BCUT2D eigenvalue weighted by Crippen LogP contribution is -2.36. The number of carbonyl (C=O) groups is 1. The number of halogens is 1. The molecule has 0 aliphatic carbocycles. The number of hydrogen-bond acceptors (Lipinski definition) is 4. The van der Waals surface area contributed by atoms with E-state index in [4.69, 9.17) is 11.6 Å². The molecule has 0 bridgehead atoms. The molecule has 0 saturated carbocycles. The highest BCUT2D eigenvalue weighted by Crippen LogP contribution is 2.15. The summed E-state index contributed by atoms with van der Waals surface area (Å²) in [7, 11) is 1.82. The van der Waals surface area contributed by atoms with Crippen LogP contribution < -0.4 is 10.2 Å². The van der Waals surface area contributed by atoms with E-state index >= 15 is 0 Å². The van der Waals surface area contributed by atoms with Crippen molar-refractivity contribution in [1.82, 2.24) is 15.3 Å². The highest BCUT2D eigenvalue weighted by molar-refractivity contribution is 6.29. The minimum absolute atomic E-state index is 0.0175. The van der Waals surface area contributed by atoms with Crippen molar-refractivity contribution in [3.05, 3.63) is 17.0 Å². The third-order valence-electron chi connectivity index (χ3n) is 2.55. The second-order valence-corrected chi connectivity index (χ2v) is 4.81. The predicted octanol–water partition coefficient (Wildman–Crippen LogP) is 2.04. The standard InChI is InChI=1S/C13H21ClN4O/c1-4-6-11-16-10(14)8-12(17-11)18(3)9-13(19)15-7-5-2/h8H,4-7,9H2,1-3H3,(H,15,19). The molecule has 1 aromatic rings. The van der Waals surface area contributed by atoms with E-state index in [1.165, 1.54) is 0 Å². The number of amides is 1. The zero-order valence-electron chi connectivity index (χ0n) is 11.7. The first-order valence-electron chi connectivity index (χ1n) is 6.58. The molecule has 5 nitrogen and oxygen atoms in total. The Bertz CT molecular complexity index is 425. The van der Waals surface area contributed by atoms with Gasteiger partial charge in [-0.2, -0.15) is 0 Å². The van der Waals surface area contributed by atoms with Gasteiger partial charge in [0.15, 0.2) is 0 Å². The van der Waals surface area contributed by atoms with Crippen LogP contribution in [0.2, 0.25) is 5.15 Å². The largest absolute Gasteiger partial charge is 0.355 e. The number of hydrogen-bond donors (Lipinski definition) is 1. The third-order valence-corrected chi connectivity index (χ3v) is 2.74. The normalized spacial score (nSPS) is 10.3. The quantitative estimate of drug-likeness (QED) is 0.779. The zero-order chi connectivity index (χ0) is 14.3. The molecule has 6 heteroatoms. The van der Waals surface area contributed by atoms with Crippen molar-refractivity contribution < 1.29 is 4.79 Å². The van der Waals surface area contributed by atoms with Crippen LogP contribution in [0.5, 0.6) is 0 Å². The van der Waals surface area contributed by atoms with Gasteiger partial charge < -0.3 is 10.2 Å². The minimum atomic E-state index is -0.0175. The molecule has 0 aromatic carbocycles. The highest BCUT2D eigenvalue weighted by atomic mass is 35.5. The summed E-state index contributed by atoms with van der Waals surface area (Å²) < 4.78 is 0. The fourth-order valence-corrected chi connectivity index (χ4v) is 1.79. The van der Waals surface area contributed by atoms with Crippen LogP contribution in [0.3, 0.4) is 0 Å². The number of aryl methyl sites for hydroxylation is 1. The van der Waals surface area contributed by atoms with E-state index in [-0.39, 0.29) is 12.5 Å². The van der Waals surface area contributed by atoms with Crippen molar-refractivity contribution in [2.45, 2.75) is 33.1 Å². The van der Waals surface area contributed by atoms with Crippen molar-refractivity contribution >= 4 is 23.3 Å². The first-order valence-corrected chi connectivity index (χ1v) is 6.95. The lowest BCUT2D eigenvalue weighted by Gasteiger charge is -2.18. The predicted molar refractivity (Wildman–Crippen MR) is 77.6 cm³/mol. The first kappa shape index (κ1) is 15.7. The van der Waals surface area contributed by atoms with Gasteiger partial charge in [-0.25, -0.2) is 9.97 Å². The molecule has 1 rings (SSSR count). The second-order valence-electron chi connectivity index (χ2n) is 4.42. The first-order chi connectivity index (χ1) is 9.06. The Hall–Kier alpha value is -1.36. The SMILES string of the molecule is CCCNC(=O)CN(C)c1cc(Cl)nc(CCC)n1. The van der Waals surface area contributed by atoms with Gasteiger partial charge in [-0.15, -0.1) is 0 Å². The number of likely N-dealkylation sites (N-methyl/N-ethyl adjacent to an activating group) is 1. The van der Waals surface area contributed by atoms with Crippen LogP contribution in [-0.2, 0) is 11.2 Å². The molecule has 0 radical (unpaired) electrons. The number of nitrogens with one attached hydrogen (secondary N) is 1. The van der Waals surface area contributed by atoms with Crippen molar-refractivity contribution in [2.24, 2.45) is 0 Å². The molecule has 0 aliphatic heterocycles. The minimum Gasteiger partial charge on any atom is -0.355 e. The van der Waals surface area contributed by atoms with Crippen molar-refractivity contribution in [1.29, 1.82) is 0 Å². The van der Waals surface area contributed by atoms with Crippen LogP contribution in [0.15, 0.2) is 6.07 Å². The molecular formula is C13H21ClN4O. The number of rotatable bonds is 7. The van der Waals surface area contributed by atoms with Gasteiger partial charge in [0.1, 0.15) is 16.8 Å². The highest BCUT2D eigenvalue weighted by Gasteiger charge is 2.10. The second kappa shape index (κ2) is 7.94. The number of anilines is 1. The van der Waals surface area contributed by atoms with Gasteiger partial charge in [0.25, 0.3) is 0 Å². The van der Waals surface area contributed by atoms with E-state index in [1.807, 2.05) is 14.0 Å². The summed E-state index contributed by atoms with van der Waals surface area (Å²) in [4.78, 5) is 22.0. The molecule has 0 unspecified atom stereocenters.